The molecular weight excluding hydrogens is 634 g/mol. The molecule has 0 aromatic heterocycles. The number of nitrogens with one attached hydrogen (secondary N) is 1. The molecule has 0 saturated carbocycles. The smallest absolute Gasteiger partial charge is 0.313 e. The van der Waals surface area contributed by atoms with Gasteiger partial charge < -0.3 is 29.7 Å². The monoisotopic (exact) mass is 675 g/mol. The molecule has 8 atom stereocenters. The zero-order valence-corrected chi connectivity index (χ0v) is 27.8. The van der Waals surface area contributed by atoms with Gasteiger partial charge in [0.25, 0.3) is 0 Å². The number of ether oxygens (including phenoxy) is 2. The molecule has 5 bridgehead atoms. The van der Waals surface area contributed by atoms with Crippen LogP contribution >= 0.6 is 0 Å². The SMILES string of the molecule is C[C@H]1NC(=O)CC/C=C\CN(Cc2ccccc2)C(=O)[C@@H]2N([C@H](CO)c3ccccc3)C(=O)[C@H]3[C@H](C(=O)O[C@@H]1c1ccccc1)[C@@H]1C=C[C@]23O1. The Hall–Kier alpha value is -5.06. The van der Waals surface area contributed by atoms with Crippen LogP contribution < -0.4 is 5.32 Å². The summed E-state index contributed by atoms with van der Waals surface area (Å²) in [5.74, 6) is -3.84. The molecule has 0 radical (unpaired) electrons. The Balaban J connectivity index is 1.34. The van der Waals surface area contributed by atoms with Gasteiger partial charge in [-0.2, -0.15) is 0 Å². The van der Waals surface area contributed by atoms with Gasteiger partial charge in [-0.25, -0.2) is 0 Å². The molecule has 3 amide bonds. The molecule has 1 spiro atoms. The maximum absolute atomic E-state index is 15.1. The van der Waals surface area contributed by atoms with E-state index in [0.717, 1.165) is 5.56 Å². The van der Waals surface area contributed by atoms with Crippen molar-refractivity contribution in [2.45, 2.75) is 62.2 Å². The van der Waals surface area contributed by atoms with Crippen molar-refractivity contribution in [3.63, 3.8) is 0 Å². The first kappa shape index (κ1) is 33.4. The lowest BCUT2D eigenvalue weighted by atomic mass is 9.74. The third-order valence-corrected chi connectivity index (χ3v) is 10.3. The van der Waals surface area contributed by atoms with Gasteiger partial charge in [-0.15, -0.1) is 0 Å². The zero-order chi connectivity index (χ0) is 34.8. The van der Waals surface area contributed by atoms with Crippen molar-refractivity contribution in [1.82, 2.24) is 15.1 Å². The quantitative estimate of drug-likeness (QED) is 0.299. The van der Waals surface area contributed by atoms with Crippen LogP contribution in [0, 0.1) is 11.8 Å². The van der Waals surface area contributed by atoms with Crippen molar-refractivity contribution in [3.8, 4) is 0 Å². The Kier molecular flexibility index (Phi) is 9.40. The fraction of sp³-hybridized carbons (Fsp3) is 0.350. The number of fused-ring (bicyclic) bond motifs is 2. The van der Waals surface area contributed by atoms with E-state index in [2.05, 4.69) is 5.32 Å². The number of nitrogens with zero attached hydrogens (tertiary/aromatic N) is 2. The van der Waals surface area contributed by atoms with Crippen molar-refractivity contribution in [3.05, 3.63) is 132 Å². The molecule has 50 heavy (non-hydrogen) atoms. The van der Waals surface area contributed by atoms with Crippen molar-refractivity contribution < 1.29 is 33.8 Å². The number of esters is 1. The van der Waals surface area contributed by atoms with Gasteiger partial charge in [-0.3, -0.25) is 19.2 Å². The molecule has 10 heteroatoms. The molecule has 2 N–H and O–H groups in total. The average molecular weight is 676 g/mol. The first-order chi connectivity index (χ1) is 24.3. The average Bonchev–Trinajstić information content (AvgIpc) is 3.78. The topological polar surface area (TPSA) is 125 Å². The number of amides is 3. The third-order valence-electron chi connectivity index (χ3n) is 10.3. The summed E-state index contributed by atoms with van der Waals surface area (Å²) in [7, 11) is 0. The predicted octanol–water partition coefficient (Wildman–Crippen LogP) is 4.04. The van der Waals surface area contributed by atoms with Crippen LogP contribution in [0.15, 0.2) is 115 Å². The fourth-order valence-corrected chi connectivity index (χ4v) is 7.97. The molecule has 3 aromatic carbocycles. The highest BCUT2D eigenvalue weighted by Crippen LogP contribution is 2.57. The largest absolute Gasteiger partial charge is 0.455 e. The molecule has 7 rings (SSSR count). The van der Waals surface area contributed by atoms with E-state index in [-0.39, 0.29) is 31.3 Å². The maximum atomic E-state index is 15.1. The standard InChI is InChI=1S/C40H41N3O7/c1-26-35(29-18-10-4-11-19-29)49-39(48)33-31-21-22-40(50-31)34(33)37(46)43(30(25-44)28-16-8-3-9-17-28)36(40)38(47)42(24-27-14-6-2-7-15-27)23-13-5-12-20-32(45)41-26/h2-11,13-19,21-22,26,30-31,33-36,44H,12,20,23-25H2,1H3,(H,41,45)/b13-5-/t26-,30-,31+,33-,34-,35+,36+,40-/m1/s1. The van der Waals surface area contributed by atoms with E-state index in [1.165, 1.54) is 4.90 Å². The molecule has 258 valence electrons. The van der Waals surface area contributed by atoms with Gasteiger partial charge in [-0.05, 0) is 30.0 Å². The normalized spacial score (nSPS) is 30.9. The summed E-state index contributed by atoms with van der Waals surface area (Å²) in [6.45, 7) is 1.79. The van der Waals surface area contributed by atoms with E-state index in [1.54, 1.807) is 24.0 Å². The number of carbonyl (C=O) groups excluding carboxylic acids is 4. The number of benzene rings is 3. The molecule has 4 heterocycles. The second-order valence-corrected chi connectivity index (χ2v) is 13.4. The van der Waals surface area contributed by atoms with Gasteiger partial charge in [0, 0.05) is 19.5 Å². The van der Waals surface area contributed by atoms with E-state index in [9.17, 15) is 19.5 Å². The fourth-order valence-electron chi connectivity index (χ4n) is 7.97. The minimum Gasteiger partial charge on any atom is -0.455 e. The highest BCUT2D eigenvalue weighted by molar-refractivity contribution is 5.99. The van der Waals surface area contributed by atoms with E-state index in [1.807, 2.05) is 103 Å². The molecule has 2 fully saturated rings. The molecular formula is C40H41N3O7. The van der Waals surface area contributed by atoms with Gasteiger partial charge in [0.2, 0.25) is 17.7 Å². The van der Waals surface area contributed by atoms with E-state index in [4.69, 9.17) is 9.47 Å². The second kappa shape index (κ2) is 14.0. The summed E-state index contributed by atoms with van der Waals surface area (Å²) in [5, 5.41) is 13.9. The molecule has 2 saturated heterocycles. The lowest BCUT2D eigenvalue weighted by molar-refractivity contribution is -0.162. The molecule has 4 aliphatic heterocycles. The van der Waals surface area contributed by atoms with E-state index >= 15 is 4.79 Å². The summed E-state index contributed by atoms with van der Waals surface area (Å²) in [4.78, 5) is 60.4. The van der Waals surface area contributed by atoms with Crippen LogP contribution in [0.25, 0.3) is 0 Å². The summed E-state index contributed by atoms with van der Waals surface area (Å²) in [6, 6.07) is 25.2. The highest BCUT2D eigenvalue weighted by atomic mass is 16.6. The Labute approximate surface area is 291 Å². The minimum atomic E-state index is -1.47. The Morgan fingerprint density at radius 2 is 1.58 bits per heavy atom. The lowest BCUT2D eigenvalue weighted by Crippen LogP contribution is -2.56. The van der Waals surface area contributed by atoms with Crippen molar-refractivity contribution >= 4 is 23.7 Å². The summed E-state index contributed by atoms with van der Waals surface area (Å²) in [5.41, 5.74) is 0.759. The van der Waals surface area contributed by atoms with Gasteiger partial charge in [0.05, 0.1) is 30.7 Å². The first-order valence-electron chi connectivity index (χ1n) is 17.2. The summed E-state index contributed by atoms with van der Waals surface area (Å²) >= 11 is 0. The van der Waals surface area contributed by atoms with Crippen molar-refractivity contribution in [1.29, 1.82) is 0 Å². The van der Waals surface area contributed by atoms with Crippen molar-refractivity contribution in [2.75, 3.05) is 13.2 Å². The van der Waals surface area contributed by atoms with E-state index < -0.39 is 66.3 Å². The van der Waals surface area contributed by atoms with Gasteiger partial charge in [0.15, 0.2) is 0 Å². The minimum absolute atomic E-state index is 0.202. The predicted molar refractivity (Wildman–Crippen MR) is 184 cm³/mol. The van der Waals surface area contributed by atoms with Crippen LogP contribution in [0.2, 0.25) is 0 Å². The second-order valence-electron chi connectivity index (χ2n) is 13.4. The molecule has 4 aliphatic rings. The Morgan fingerprint density at radius 3 is 2.28 bits per heavy atom. The number of cyclic esters (lactones) is 1. The summed E-state index contributed by atoms with van der Waals surface area (Å²) in [6.07, 6.45) is 6.21. The zero-order valence-electron chi connectivity index (χ0n) is 27.8. The van der Waals surface area contributed by atoms with Crippen LogP contribution in [0.3, 0.4) is 0 Å². The number of aliphatic hydroxyl groups is 1. The molecule has 0 unspecified atom stereocenters. The Bertz CT molecular complexity index is 1780. The number of allylic oxidation sites excluding steroid dienone is 1. The number of hydrogen-bond donors (Lipinski definition) is 2. The first-order valence-corrected chi connectivity index (χ1v) is 17.2. The summed E-state index contributed by atoms with van der Waals surface area (Å²) < 4.78 is 12.9. The van der Waals surface area contributed by atoms with Crippen LogP contribution in [-0.2, 0) is 35.2 Å². The molecule has 3 aromatic rings. The number of rotatable bonds is 6. The van der Waals surface area contributed by atoms with Crippen LogP contribution in [0.1, 0.15) is 48.6 Å². The Morgan fingerprint density at radius 1 is 0.900 bits per heavy atom. The van der Waals surface area contributed by atoms with Crippen LogP contribution in [0.4, 0.5) is 0 Å². The van der Waals surface area contributed by atoms with E-state index in [0.29, 0.717) is 17.5 Å². The van der Waals surface area contributed by atoms with Gasteiger partial charge in [0.1, 0.15) is 23.7 Å². The van der Waals surface area contributed by atoms with Crippen molar-refractivity contribution in [2.24, 2.45) is 11.8 Å². The van der Waals surface area contributed by atoms with Gasteiger partial charge in [-0.1, -0.05) is 115 Å². The van der Waals surface area contributed by atoms with Crippen LogP contribution in [-0.4, -0.2) is 75.5 Å². The maximum Gasteiger partial charge on any atom is 0.313 e. The molecule has 10 nitrogen and oxygen atoms in total. The van der Waals surface area contributed by atoms with Crippen LogP contribution in [0.5, 0.6) is 0 Å². The lowest BCUT2D eigenvalue weighted by Gasteiger charge is -2.39. The number of hydrogen-bond acceptors (Lipinski definition) is 7. The molecule has 0 aliphatic carbocycles. The number of carbonyl (C=O) groups is 4. The number of likely N-dealkylation sites (tertiary alicyclic amines) is 1. The highest BCUT2D eigenvalue weighted by Gasteiger charge is 2.74. The van der Waals surface area contributed by atoms with Gasteiger partial charge >= 0.3 is 5.97 Å². The number of aliphatic hydroxyl groups excluding tert-OH is 1. The third kappa shape index (κ3) is 6.03.